The zero-order chi connectivity index (χ0) is 18.0. The van der Waals surface area contributed by atoms with Gasteiger partial charge in [0.1, 0.15) is 5.82 Å². The van der Waals surface area contributed by atoms with Crippen molar-refractivity contribution >= 4 is 34.0 Å². The van der Waals surface area contributed by atoms with Gasteiger partial charge < -0.3 is 10.6 Å². The molecule has 3 aromatic rings. The van der Waals surface area contributed by atoms with E-state index in [0.717, 1.165) is 23.0 Å². The van der Waals surface area contributed by atoms with Crippen LogP contribution in [0.15, 0.2) is 42.6 Å². The Balaban J connectivity index is 1.73. The minimum absolute atomic E-state index is 0.213. The number of benzene rings is 1. The average Bonchev–Trinajstić information content (AvgIpc) is 3.13. The number of hydrogen-bond donors (Lipinski definition) is 2. The van der Waals surface area contributed by atoms with Gasteiger partial charge in [0, 0.05) is 24.9 Å². The Hall–Kier alpha value is -3.00. The summed E-state index contributed by atoms with van der Waals surface area (Å²) in [6.07, 6.45) is 1.72. The molecular formula is C17H15FN4O2S. The Kier molecular flexibility index (Phi) is 4.62. The molecule has 8 heteroatoms. The summed E-state index contributed by atoms with van der Waals surface area (Å²) in [4.78, 5) is 25.0. The fourth-order valence-corrected chi connectivity index (χ4v) is 3.20. The molecule has 0 aliphatic carbocycles. The molecule has 128 valence electrons. The molecule has 6 nitrogen and oxygen atoms in total. The number of amides is 2. The fraction of sp³-hybridized carbons (Fsp3) is 0.118. The zero-order valence-electron chi connectivity index (χ0n) is 13.5. The van der Waals surface area contributed by atoms with Crippen LogP contribution in [0.3, 0.4) is 0 Å². The lowest BCUT2D eigenvalue weighted by molar-refractivity contribution is 0.101. The number of hydrogen-bond acceptors (Lipinski definition) is 4. The minimum atomic E-state index is -0.481. The molecule has 2 amide bonds. The highest BCUT2D eigenvalue weighted by molar-refractivity contribution is 7.18. The van der Waals surface area contributed by atoms with Crippen molar-refractivity contribution < 1.29 is 14.0 Å². The number of halogens is 1. The average molecular weight is 358 g/mol. The molecule has 0 unspecified atom stereocenters. The quantitative estimate of drug-likeness (QED) is 0.750. The van der Waals surface area contributed by atoms with Gasteiger partial charge in [0.25, 0.3) is 11.8 Å². The highest BCUT2D eigenvalue weighted by atomic mass is 32.1. The molecule has 0 saturated heterocycles. The lowest BCUT2D eigenvalue weighted by Gasteiger charge is -2.02. The van der Waals surface area contributed by atoms with Crippen LogP contribution in [0.5, 0.6) is 0 Å². The van der Waals surface area contributed by atoms with E-state index in [2.05, 4.69) is 15.7 Å². The molecule has 0 saturated carbocycles. The zero-order valence-corrected chi connectivity index (χ0v) is 14.4. The smallest absolute Gasteiger partial charge is 0.267 e. The number of rotatable bonds is 4. The Morgan fingerprint density at radius 1 is 1.16 bits per heavy atom. The summed E-state index contributed by atoms with van der Waals surface area (Å²) in [6.45, 7) is 1.78. The van der Waals surface area contributed by atoms with Crippen molar-refractivity contribution in [3.63, 3.8) is 0 Å². The van der Waals surface area contributed by atoms with Gasteiger partial charge in [-0.15, -0.1) is 11.3 Å². The van der Waals surface area contributed by atoms with Crippen molar-refractivity contribution in [2.75, 3.05) is 10.6 Å². The van der Waals surface area contributed by atoms with Crippen LogP contribution in [0, 0.1) is 12.7 Å². The van der Waals surface area contributed by atoms with Crippen molar-refractivity contribution in [1.29, 1.82) is 0 Å². The number of anilines is 2. The molecule has 0 bridgehead atoms. The maximum Gasteiger partial charge on any atom is 0.267 e. The Bertz CT molecular complexity index is 948. The van der Waals surface area contributed by atoms with Crippen LogP contribution >= 0.6 is 11.3 Å². The number of nitrogens with zero attached hydrogens (tertiary/aromatic N) is 2. The molecule has 2 N–H and O–H groups in total. The van der Waals surface area contributed by atoms with Crippen LogP contribution in [-0.2, 0) is 7.05 Å². The molecule has 3 rings (SSSR count). The summed E-state index contributed by atoms with van der Waals surface area (Å²) >= 11 is 1.15. The number of carbonyl (C=O) groups is 2. The molecule has 0 spiro atoms. The summed E-state index contributed by atoms with van der Waals surface area (Å²) in [5.74, 6) is -0.763. The molecule has 0 radical (unpaired) electrons. The molecule has 2 heterocycles. The molecule has 2 aromatic heterocycles. The third-order valence-corrected chi connectivity index (χ3v) is 4.55. The normalized spacial score (nSPS) is 10.5. The SMILES string of the molecule is Cc1cc(NC(=O)c2cccc(F)c2)sc1C(=O)Nc1ccn(C)n1. The van der Waals surface area contributed by atoms with E-state index < -0.39 is 11.7 Å². The summed E-state index contributed by atoms with van der Waals surface area (Å²) in [5.41, 5.74) is 0.943. The molecule has 0 aliphatic rings. The fourth-order valence-electron chi connectivity index (χ4n) is 2.24. The van der Waals surface area contributed by atoms with E-state index >= 15 is 0 Å². The molecular weight excluding hydrogens is 343 g/mol. The van der Waals surface area contributed by atoms with E-state index in [4.69, 9.17) is 0 Å². The highest BCUT2D eigenvalue weighted by Crippen LogP contribution is 2.27. The van der Waals surface area contributed by atoms with Crippen molar-refractivity contribution in [2.24, 2.45) is 7.05 Å². The molecule has 0 fully saturated rings. The Labute approximate surface area is 147 Å². The van der Waals surface area contributed by atoms with Gasteiger partial charge in [-0.2, -0.15) is 5.10 Å². The number of carbonyl (C=O) groups excluding carboxylic acids is 2. The number of nitrogens with one attached hydrogen (secondary N) is 2. The Morgan fingerprint density at radius 3 is 2.64 bits per heavy atom. The second-order valence-corrected chi connectivity index (χ2v) is 6.47. The highest BCUT2D eigenvalue weighted by Gasteiger charge is 2.16. The predicted molar refractivity (Wildman–Crippen MR) is 94.6 cm³/mol. The van der Waals surface area contributed by atoms with Gasteiger partial charge in [-0.05, 0) is 36.8 Å². The third-order valence-electron chi connectivity index (χ3n) is 3.40. The van der Waals surface area contributed by atoms with Crippen molar-refractivity contribution in [3.8, 4) is 0 Å². The second kappa shape index (κ2) is 6.86. The van der Waals surface area contributed by atoms with Crippen LogP contribution in [-0.4, -0.2) is 21.6 Å². The molecule has 1 aromatic carbocycles. The van der Waals surface area contributed by atoms with Crippen LogP contribution in [0.2, 0.25) is 0 Å². The first-order valence-corrected chi connectivity index (χ1v) is 8.22. The third kappa shape index (κ3) is 3.92. The van der Waals surface area contributed by atoms with Gasteiger partial charge in [-0.1, -0.05) is 6.07 Å². The maximum atomic E-state index is 13.2. The first kappa shape index (κ1) is 16.8. The van der Waals surface area contributed by atoms with Crippen LogP contribution < -0.4 is 10.6 Å². The topological polar surface area (TPSA) is 76.0 Å². The molecule has 0 atom stereocenters. The monoisotopic (exact) mass is 358 g/mol. The Morgan fingerprint density at radius 2 is 1.96 bits per heavy atom. The summed E-state index contributed by atoms with van der Waals surface area (Å²) in [7, 11) is 1.76. The maximum absolute atomic E-state index is 13.2. The summed E-state index contributed by atoms with van der Waals surface area (Å²) in [5, 5.41) is 9.99. The van der Waals surface area contributed by atoms with E-state index in [1.165, 1.54) is 18.2 Å². The lowest BCUT2D eigenvalue weighted by atomic mass is 10.2. The standard InChI is InChI=1S/C17H15FN4O2S/c1-10-8-14(20-16(23)11-4-3-5-12(18)9-11)25-15(10)17(24)19-13-6-7-22(2)21-13/h3-9H,1-2H3,(H,20,23)(H,19,21,24). The number of thiophene rings is 1. The number of aromatic nitrogens is 2. The largest absolute Gasteiger partial charge is 0.314 e. The van der Waals surface area contributed by atoms with Gasteiger partial charge in [0.15, 0.2) is 5.82 Å². The molecule has 0 aliphatic heterocycles. The van der Waals surface area contributed by atoms with Crippen LogP contribution in [0.25, 0.3) is 0 Å². The summed E-state index contributed by atoms with van der Waals surface area (Å²) < 4.78 is 14.8. The first-order valence-electron chi connectivity index (χ1n) is 7.41. The minimum Gasteiger partial charge on any atom is -0.314 e. The van der Waals surface area contributed by atoms with Gasteiger partial charge >= 0.3 is 0 Å². The number of aryl methyl sites for hydroxylation is 2. The van der Waals surface area contributed by atoms with E-state index in [0.29, 0.717) is 15.7 Å². The first-order chi connectivity index (χ1) is 11.9. The van der Waals surface area contributed by atoms with E-state index in [-0.39, 0.29) is 11.5 Å². The van der Waals surface area contributed by atoms with Gasteiger partial charge in [0.05, 0.1) is 9.88 Å². The van der Waals surface area contributed by atoms with Crippen molar-refractivity contribution in [3.05, 3.63) is 64.4 Å². The van der Waals surface area contributed by atoms with Crippen molar-refractivity contribution in [2.45, 2.75) is 6.92 Å². The van der Waals surface area contributed by atoms with Crippen LogP contribution in [0.4, 0.5) is 15.2 Å². The van der Waals surface area contributed by atoms with E-state index in [9.17, 15) is 14.0 Å². The molecule has 25 heavy (non-hydrogen) atoms. The summed E-state index contributed by atoms with van der Waals surface area (Å²) in [6, 6.07) is 8.81. The van der Waals surface area contributed by atoms with Gasteiger partial charge in [0.2, 0.25) is 0 Å². The van der Waals surface area contributed by atoms with Crippen molar-refractivity contribution in [1.82, 2.24) is 9.78 Å². The van der Waals surface area contributed by atoms with E-state index in [1.54, 1.807) is 37.0 Å². The second-order valence-electron chi connectivity index (χ2n) is 5.42. The van der Waals surface area contributed by atoms with Gasteiger partial charge in [-0.3, -0.25) is 14.3 Å². The van der Waals surface area contributed by atoms with Crippen LogP contribution in [0.1, 0.15) is 25.6 Å². The predicted octanol–water partition coefficient (Wildman–Crippen LogP) is 3.43. The van der Waals surface area contributed by atoms with E-state index in [1.807, 2.05) is 0 Å². The van der Waals surface area contributed by atoms with Gasteiger partial charge in [-0.25, -0.2) is 4.39 Å². The lowest BCUT2D eigenvalue weighted by Crippen LogP contribution is -2.12.